The van der Waals surface area contributed by atoms with Crippen LogP contribution >= 0.6 is 11.3 Å². The van der Waals surface area contributed by atoms with Gasteiger partial charge in [-0.3, -0.25) is 4.68 Å². The van der Waals surface area contributed by atoms with Crippen molar-refractivity contribution in [1.29, 1.82) is 0 Å². The molecule has 0 saturated carbocycles. The van der Waals surface area contributed by atoms with Crippen LogP contribution in [0.25, 0.3) is 0 Å². The Bertz CT molecular complexity index is 474. The van der Waals surface area contributed by atoms with Crippen LogP contribution in [0, 0.1) is 6.92 Å². The minimum absolute atomic E-state index is 0.328. The Balaban J connectivity index is 2.19. The van der Waals surface area contributed by atoms with E-state index in [1.807, 2.05) is 11.7 Å². The molecule has 0 aliphatic rings. The lowest BCUT2D eigenvalue weighted by molar-refractivity contribution is 0.521. The standard InChI is InChI=1S/C12H18N4S/c1-4-13-11(10-7-17-6-9(10)2)5-12-14-8-15-16(12)3/h6-8,11,13H,4-5H2,1-3H3. The summed E-state index contributed by atoms with van der Waals surface area (Å²) in [7, 11) is 1.94. The summed E-state index contributed by atoms with van der Waals surface area (Å²) in [4.78, 5) is 4.29. The molecule has 1 unspecified atom stereocenters. The van der Waals surface area contributed by atoms with Crippen molar-refractivity contribution in [2.75, 3.05) is 6.54 Å². The fraction of sp³-hybridized carbons (Fsp3) is 0.500. The molecule has 0 aliphatic carbocycles. The lowest BCUT2D eigenvalue weighted by Gasteiger charge is -2.17. The molecule has 5 heteroatoms. The Morgan fingerprint density at radius 1 is 1.47 bits per heavy atom. The maximum absolute atomic E-state index is 4.29. The number of hydrogen-bond acceptors (Lipinski definition) is 4. The van der Waals surface area contributed by atoms with Gasteiger partial charge in [0.05, 0.1) is 0 Å². The molecule has 0 radical (unpaired) electrons. The highest BCUT2D eigenvalue weighted by molar-refractivity contribution is 7.08. The van der Waals surface area contributed by atoms with Gasteiger partial charge in [0.2, 0.25) is 0 Å². The lowest BCUT2D eigenvalue weighted by atomic mass is 10.0. The second-order valence-corrected chi connectivity index (χ2v) is 4.87. The van der Waals surface area contributed by atoms with Gasteiger partial charge in [-0.05, 0) is 35.4 Å². The minimum Gasteiger partial charge on any atom is -0.310 e. The summed E-state index contributed by atoms with van der Waals surface area (Å²) >= 11 is 1.75. The highest BCUT2D eigenvalue weighted by Gasteiger charge is 2.16. The predicted octanol–water partition coefficient (Wildman–Crippen LogP) is 2.08. The van der Waals surface area contributed by atoms with Gasteiger partial charge < -0.3 is 5.32 Å². The van der Waals surface area contributed by atoms with E-state index in [4.69, 9.17) is 0 Å². The summed E-state index contributed by atoms with van der Waals surface area (Å²) in [6.07, 6.45) is 2.49. The molecule has 0 amide bonds. The normalized spacial score (nSPS) is 12.9. The van der Waals surface area contributed by atoms with E-state index >= 15 is 0 Å². The van der Waals surface area contributed by atoms with E-state index in [0.29, 0.717) is 6.04 Å². The highest BCUT2D eigenvalue weighted by atomic mass is 32.1. The quantitative estimate of drug-likeness (QED) is 0.883. The maximum Gasteiger partial charge on any atom is 0.138 e. The predicted molar refractivity (Wildman–Crippen MR) is 70.2 cm³/mol. The van der Waals surface area contributed by atoms with Crippen LogP contribution in [0.3, 0.4) is 0 Å². The minimum atomic E-state index is 0.328. The molecule has 0 saturated heterocycles. The number of nitrogens with zero attached hydrogens (tertiary/aromatic N) is 3. The molecule has 4 nitrogen and oxygen atoms in total. The molecule has 17 heavy (non-hydrogen) atoms. The van der Waals surface area contributed by atoms with Crippen molar-refractivity contribution in [3.8, 4) is 0 Å². The van der Waals surface area contributed by atoms with Gasteiger partial charge in [-0.1, -0.05) is 6.92 Å². The van der Waals surface area contributed by atoms with E-state index in [0.717, 1.165) is 18.8 Å². The number of rotatable bonds is 5. The largest absolute Gasteiger partial charge is 0.310 e. The molecule has 92 valence electrons. The van der Waals surface area contributed by atoms with Crippen LogP contribution in [-0.2, 0) is 13.5 Å². The van der Waals surface area contributed by atoms with Crippen LogP contribution in [0.2, 0.25) is 0 Å². The molecular weight excluding hydrogens is 232 g/mol. The molecule has 0 aliphatic heterocycles. The van der Waals surface area contributed by atoms with E-state index in [1.54, 1.807) is 17.7 Å². The molecule has 2 aromatic heterocycles. The molecule has 0 aromatic carbocycles. The number of aromatic nitrogens is 3. The first kappa shape index (κ1) is 12.3. The molecule has 2 aromatic rings. The highest BCUT2D eigenvalue weighted by Crippen LogP contribution is 2.24. The lowest BCUT2D eigenvalue weighted by Crippen LogP contribution is -2.24. The van der Waals surface area contributed by atoms with E-state index in [2.05, 4.69) is 40.0 Å². The summed E-state index contributed by atoms with van der Waals surface area (Å²) in [5.41, 5.74) is 2.72. The van der Waals surface area contributed by atoms with Gasteiger partial charge in [-0.15, -0.1) is 0 Å². The Kier molecular flexibility index (Phi) is 3.91. The molecule has 2 heterocycles. The number of likely N-dealkylation sites (N-methyl/N-ethyl adjacent to an activating group) is 1. The van der Waals surface area contributed by atoms with E-state index in [9.17, 15) is 0 Å². The van der Waals surface area contributed by atoms with Gasteiger partial charge in [-0.25, -0.2) is 4.98 Å². The Morgan fingerprint density at radius 3 is 2.82 bits per heavy atom. The summed E-state index contributed by atoms with van der Waals surface area (Å²) in [5.74, 6) is 1.02. The number of aryl methyl sites for hydroxylation is 2. The Morgan fingerprint density at radius 2 is 2.29 bits per heavy atom. The third kappa shape index (κ3) is 2.73. The molecule has 2 rings (SSSR count). The molecular formula is C12H18N4S. The third-order valence-electron chi connectivity index (χ3n) is 2.91. The van der Waals surface area contributed by atoms with E-state index in [1.165, 1.54) is 11.1 Å². The van der Waals surface area contributed by atoms with Crippen molar-refractivity contribution in [3.05, 3.63) is 34.0 Å². The summed E-state index contributed by atoms with van der Waals surface area (Å²) < 4.78 is 1.84. The SMILES string of the molecule is CCNC(Cc1ncnn1C)c1cscc1C. The fourth-order valence-electron chi connectivity index (χ4n) is 1.95. The van der Waals surface area contributed by atoms with Crippen molar-refractivity contribution < 1.29 is 0 Å². The topological polar surface area (TPSA) is 42.7 Å². The number of nitrogens with one attached hydrogen (secondary N) is 1. The molecule has 0 fully saturated rings. The van der Waals surface area contributed by atoms with Crippen LogP contribution in [0.5, 0.6) is 0 Å². The third-order valence-corrected chi connectivity index (χ3v) is 3.79. The second-order valence-electron chi connectivity index (χ2n) is 4.12. The first-order chi connectivity index (χ1) is 8.22. The van der Waals surface area contributed by atoms with Crippen molar-refractivity contribution in [2.24, 2.45) is 7.05 Å². The van der Waals surface area contributed by atoms with Gasteiger partial charge >= 0.3 is 0 Å². The van der Waals surface area contributed by atoms with Gasteiger partial charge in [0, 0.05) is 19.5 Å². The van der Waals surface area contributed by atoms with Crippen LogP contribution in [0.4, 0.5) is 0 Å². The number of hydrogen-bond donors (Lipinski definition) is 1. The summed E-state index contributed by atoms with van der Waals surface area (Å²) in [6.45, 7) is 5.25. The zero-order valence-electron chi connectivity index (χ0n) is 10.5. The van der Waals surface area contributed by atoms with Crippen molar-refractivity contribution in [1.82, 2.24) is 20.1 Å². The van der Waals surface area contributed by atoms with E-state index in [-0.39, 0.29) is 0 Å². The van der Waals surface area contributed by atoms with Gasteiger partial charge in [0.15, 0.2) is 0 Å². The smallest absolute Gasteiger partial charge is 0.138 e. The first-order valence-electron chi connectivity index (χ1n) is 5.81. The summed E-state index contributed by atoms with van der Waals surface area (Å²) in [5, 5.41) is 12.0. The maximum atomic E-state index is 4.29. The number of thiophene rings is 1. The fourth-order valence-corrected chi connectivity index (χ4v) is 2.86. The van der Waals surface area contributed by atoms with Crippen LogP contribution in [0.15, 0.2) is 17.1 Å². The van der Waals surface area contributed by atoms with E-state index < -0.39 is 0 Å². The van der Waals surface area contributed by atoms with Gasteiger partial charge in [-0.2, -0.15) is 16.4 Å². The second kappa shape index (κ2) is 5.42. The molecule has 1 N–H and O–H groups in total. The Labute approximate surface area is 106 Å². The first-order valence-corrected chi connectivity index (χ1v) is 6.75. The van der Waals surface area contributed by atoms with Crippen molar-refractivity contribution in [2.45, 2.75) is 26.3 Å². The average molecular weight is 250 g/mol. The average Bonchev–Trinajstić information content (AvgIpc) is 2.88. The van der Waals surface area contributed by atoms with Crippen molar-refractivity contribution in [3.63, 3.8) is 0 Å². The van der Waals surface area contributed by atoms with Crippen LogP contribution < -0.4 is 5.32 Å². The summed E-state index contributed by atoms with van der Waals surface area (Å²) in [6, 6.07) is 0.328. The molecule has 0 bridgehead atoms. The van der Waals surface area contributed by atoms with Crippen molar-refractivity contribution >= 4 is 11.3 Å². The molecule has 0 spiro atoms. The molecule has 1 atom stereocenters. The zero-order chi connectivity index (χ0) is 12.3. The monoisotopic (exact) mass is 250 g/mol. The van der Waals surface area contributed by atoms with Crippen LogP contribution in [0.1, 0.15) is 29.9 Å². The Hall–Kier alpha value is -1.20. The van der Waals surface area contributed by atoms with Crippen LogP contribution in [-0.4, -0.2) is 21.3 Å². The van der Waals surface area contributed by atoms with Gasteiger partial charge in [0.25, 0.3) is 0 Å². The zero-order valence-corrected chi connectivity index (χ0v) is 11.3. The van der Waals surface area contributed by atoms with Gasteiger partial charge in [0.1, 0.15) is 12.2 Å².